The Bertz CT molecular complexity index is 1150. The second-order valence-corrected chi connectivity index (χ2v) is 7.91. The van der Waals surface area contributed by atoms with Crippen molar-refractivity contribution in [3.05, 3.63) is 70.0 Å². The molecule has 4 rings (SSSR count). The van der Waals surface area contributed by atoms with Gasteiger partial charge in [0, 0.05) is 5.56 Å². The summed E-state index contributed by atoms with van der Waals surface area (Å²) in [6.45, 7) is 6.49. The average Bonchev–Trinajstić information content (AvgIpc) is 3.07. The summed E-state index contributed by atoms with van der Waals surface area (Å²) in [6.07, 6.45) is 2.81. The first kappa shape index (κ1) is 17.9. The number of aryl methyl sites for hydroxylation is 1. The third kappa shape index (κ3) is 2.88. The third-order valence-corrected chi connectivity index (χ3v) is 6.43. The van der Waals surface area contributed by atoms with Crippen molar-refractivity contribution in [2.75, 3.05) is 0 Å². The van der Waals surface area contributed by atoms with E-state index in [1.807, 2.05) is 18.2 Å². The molecule has 138 valence electrons. The van der Waals surface area contributed by atoms with Gasteiger partial charge in [0.2, 0.25) is 0 Å². The Morgan fingerprint density at radius 2 is 1.74 bits per heavy atom. The van der Waals surface area contributed by atoms with E-state index < -0.39 is 0 Å². The van der Waals surface area contributed by atoms with Gasteiger partial charge in [-0.1, -0.05) is 74.6 Å². The van der Waals surface area contributed by atoms with E-state index in [1.165, 1.54) is 15.8 Å². The molecule has 2 aromatic heterocycles. The van der Waals surface area contributed by atoms with E-state index in [-0.39, 0.29) is 11.5 Å². The van der Waals surface area contributed by atoms with Gasteiger partial charge in [-0.15, -0.1) is 0 Å². The van der Waals surface area contributed by atoms with Crippen LogP contribution < -0.4 is 5.56 Å². The summed E-state index contributed by atoms with van der Waals surface area (Å²) < 4.78 is 3.42. The Kier molecular flexibility index (Phi) is 4.83. The molecule has 0 bridgehead atoms. The van der Waals surface area contributed by atoms with E-state index in [2.05, 4.69) is 60.5 Å². The van der Waals surface area contributed by atoms with Crippen LogP contribution in [0.4, 0.5) is 0 Å². The Morgan fingerprint density at radius 3 is 2.41 bits per heavy atom. The highest BCUT2D eigenvalue weighted by Gasteiger charge is 2.23. The molecule has 0 aliphatic carbocycles. The van der Waals surface area contributed by atoms with Crippen LogP contribution in [0.1, 0.15) is 50.7 Å². The van der Waals surface area contributed by atoms with Crippen LogP contribution in [-0.4, -0.2) is 9.38 Å². The number of thiazole rings is 1. The predicted octanol–water partition coefficient (Wildman–Crippen LogP) is 6.04. The van der Waals surface area contributed by atoms with Crippen molar-refractivity contribution in [3.8, 4) is 11.3 Å². The zero-order valence-electron chi connectivity index (χ0n) is 16.0. The molecule has 0 N–H and O–H groups in total. The first-order valence-corrected chi connectivity index (χ1v) is 10.5. The summed E-state index contributed by atoms with van der Waals surface area (Å²) in [6, 6.07) is 16.7. The maximum atomic E-state index is 13.1. The number of para-hydroxylation sites is 1. The maximum Gasteiger partial charge on any atom is 0.278 e. The van der Waals surface area contributed by atoms with E-state index in [9.17, 15) is 4.79 Å². The van der Waals surface area contributed by atoms with Crippen LogP contribution in [-0.2, 0) is 6.42 Å². The van der Waals surface area contributed by atoms with Crippen molar-refractivity contribution in [2.24, 2.45) is 0 Å². The summed E-state index contributed by atoms with van der Waals surface area (Å²) in [5, 5.41) is 0. The van der Waals surface area contributed by atoms with Crippen LogP contribution in [0.15, 0.2) is 53.3 Å². The minimum absolute atomic E-state index is 0.0767. The third-order valence-electron chi connectivity index (χ3n) is 5.43. The molecule has 0 atom stereocenters. The zero-order valence-corrected chi connectivity index (χ0v) is 16.8. The number of aromatic nitrogens is 2. The molecule has 0 saturated carbocycles. The van der Waals surface area contributed by atoms with Gasteiger partial charge in [0.25, 0.3) is 5.56 Å². The summed E-state index contributed by atoms with van der Waals surface area (Å²) in [7, 11) is 0. The lowest BCUT2D eigenvalue weighted by Gasteiger charge is -2.18. The molecule has 3 nitrogen and oxygen atoms in total. The van der Waals surface area contributed by atoms with Crippen molar-refractivity contribution in [3.63, 3.8) is 0 Å². The van der Waals surface area contributed by atoms with Crippen LogP contribution in [0.3, 0.4) is 0 Å². The Balaban J connectivity index is 2.25. The molecule has 4 aromatic rings. The van der Waals surface area contributed by atoms with Crippen molar-refractivity contribution < 1.29 is 0 Å². The Hall–Kier alpha value is -2.46. The number of nitrogens with zero attached hydrogens (tertiary/aromatic N) is 2. The number of fused-ring (bicyclic) bond motifs is 3. The molecule has 2 aromatic carbocycles. The van der Waals surface area contributed by atoms with Crippen LogP contribution >= 0.6 is 11.3 Å². The molecule has 0 saturated heterocycles. The van der Waals surface area contributed by atoms with Gasteiger partial charge in [-0.2, -0.15) is 4.98 Å². The fourth-order valence-corrected chi connectivity index (χ4v) is 5.09. The molecule has 2 heterocycles. The lowest BCUT2D eigenvalue weighted by atomic mass is 9.91. The van der Waals surface area contributed by atoms with Crippen LogP contribution in [0.2, 0.25) is 0 Å². The van der Waals surface area contributed by atoms with Gasteiger partial charge in [-0.05, 0) is 42.4 Å². The van der Waals surface area contributed by atoms with Gasteiger partial charge in [0.15, 0.2) is 4.96 Å². The molecule has 4 heteroatoms. The SMILES string of the molecule is CCc1cccc2sc3nc(=O)c(C(CC)CC)c(-c4ccccc4)n3c12. The quantitative estimate of drug-likeness (QED) is 0.425. The molecule has 0 spiro atoms. The first-order valence-electron chi connectivity index (χ1n) is 9.72. The molecular formula is C23H24N2OS. The molecule has 0 unspecified atom stereocenters. The van der Waals surface area contributed by atoms with Crippen LogP contribution in [0.5, 0.6) is 0 Å². The van der Waals surface area contributed by atoms with E-state index in [1.54, 1.807) is 11.3 Å². The van der Waals surface area contributed by atoms with Gasteiger partial charge in [-0.3, -0.25) is 9.20 Å². The van der Waals surface area contributed by atoms with Crippen LogP contribution in [0.25, 0.3) is 26.4 Å². The summed E-state index contributed by atoms with van der Waals surface area (Å²) in [5.74, 6) is 0.209. The van der Waals surface area contributed by atoms with Gasteiger partial charge in [0.1, 0.15) is 0 Å². The Labute approximate surface area is 163 Å². The topological polar surface area (TPSA) is 34.4 Å². The largest absolute Gasteiger partial charge is 0.284 e. The lowest BCUT2D eigenvalue weighted by molar-refractivity contribution is 0.632. The van der Waals surface area contributed by atoms with E-state index in [0.717, 1.165) is 41.0 Å². The minimum atomic E-state index is -0.0767. The Morgan fingerprint density at radius 1 is 1.00 bits per heavy atom. The number of hydrogen-bond donors (Lipinski definition) is 0. The summed E-state index contributed by atoms with van der Waals surface area (Å²) >= 11 is 1.60. The normalized spacial score (nSPS) is 11.7. The van der Waals surface area contributed by atoms with Crippen molar-refractivity contribution in [2.45, 2.75) is 46.0 Å². The van der Waals surface area contributed by atoms with Crippen LogP contribution in [0, 0.1) is 0 Å². The second kappa shape index (κ2) is 7.28. The monoisotopic (exact) mass is 376 g/mol. The minimum Gasteiger partial charge on any atom is -0.284 e. The number of hydrogen-bond acceptors (Lipinski definition) is 3. The molecule has 0 aliphatic rings. The van der Waals surface area contributed by atoms with Gasteiger partial charge in [-0.25, -0.2) is 0 Å². The summed E-state index contributed by atoms with van der Waals surface area (Å²) in [4.78, 5) is 18.4. The predicted molar refractivity (Wildman–Crippen MR) is 115 cm³/mol. The molecule has 0 aliphatic heterocycles. The smallest absolute Gasteiger partial charge is 0.278 e. The van der Waals surface area contributed by atoms with Gasteiger partial charge in [0.05, 0.1) is 15.9 Å². The van der Waals surface area contributed by atoms with E-state index >= 15 is 0 Å². The fraction of sp³-hybridized carbons (Fsp3) is 0.304. The van der Waals surface area contributed by atoms with Gasteiger partial charge < -0.3 is 0 Å². The highest BCUT2D eigenvalue weighted by atomic mass is 32.1. The first-order chi connectivity index (χ1) is 13.2. The lowest BCUT2D eigenvalue weighted by Crippen LogP contribution is -2.20. The molecule has 0 fully saturated rings. The number of benzene rings is 2. The second-order valence-electron chi connectivity index (χ2n) is 6.90. The molecule has 0 radical (unpaired) electrons. The highest BCUT2D eigenvalue weighted by Crippen LogP contribution is 2.36. The van der Waals surface area contributed by atoms with Crippen molar-refractivity contribution >= 4 is 26.5 Å². The zero-order chi connectivity index (χ0) is 19.0. The van der Waals surface area contributed by atoms with Crippen molar-refractivity contribution in [1.82, 2.24) is 9.38 Å². The maximum absolute atomic E-state index is 13.1. The summed E-state index contributed by atoms with van der Waals surface area (Å²) in [5.41, 5.74) is 5.36. The fourth-order valence-electron chi connectivity index (χ4n) is 4.02. The standard InChI is InChI=1S/C23H24N2OS/c1-4-15(5-2)19-21(17-11-8-7-9-12-17)25-20-16(6-3)13-10-14-18(20)27-23(25)24-22(19)26/h7-15H,4-6H2,1-3H3. The molecule has 27 heavy (non-hydrogen) atoms. The van der Waals surface area contributed by atoms with Crippen molar-refractivity contribution in [1.29, 1.82) is 0 Å². The van der Waals surface area contributed by atoms with E-state index in [4.69, 9.17) is 0 Å². The molecular weight excluding hydrogens is 352 g/mol. The molecule has 0 amide bonds. The number of rotatable bonds is 5. The average molecular weight is 377 g/mol. The van der Waals surface area contributed by atoms with E-state index in [0.29, 0.717) is 0 Å². The van der Waals surface area contributed by atoms with Gasteiger partial charge >= 0.3 is 0 Å². The highest BCUT2D eigenvalue weighted by molar-refractivity contribution is 7.23.